The van der Waals surface area contributed by atoms with Crippen LogP contribution in [0.1, 0.15) is 18.9 Å². The summed E-state index contributed by atoms with van der Waals surface area (Å²) in [5.74, 6) is -5.37. The molecule has 2 rings (SSSR count). The first kappa shape index (κ1) is 20.6. The van der Waals surface area contributed by atoms with Crippen LogP contribution in [0.3, 0.4) is 0 Å². The van der Waals surface area contributed by atoms with E-state index in [0.717, 1.165) is 6.92 Å². The molecule has 0 radical (unpaired) electrons. The molecule has 0 aliphatic carbocycles. The quantitative estimate of drug-likeness (QED) is 0.725. The molecule has 6 nitrogen and oxygen atoms in total. The van der Waals surface area contributed by atoms with Gasteiger partial charge in [-0.25, -0.2) is 25.9 Å². The van der Waals surface area contributed by atoms with Crippen LogP contribution in [0.2, 0.25) is 0 Å². The normalized spacial score (nSPS) is 11.3. The number of carbonyl (C=O) groups is 1. The first-order valence-corrected chi connectivity index (χ1v) is 9.24. The number of rotatable bonds is 6. The van der Waals surface area contributed by atoms with Gasteiger partial charge in [0, 0.05) is 12.0 Å². The fourth-order valence-corrected chi connectivity index (χ4v) is 3.82. The van der Waals surface area contributed by atoms with Crippen LogP contribution in [0.25, 0.3) is 0 Å². The molecule has 10 heteroatoms. The Bertz CT molecular complexity index is 937. The third kappa shape index (κ3) is 3.70. The van der Waals surface area contributed by atoms with E-state index in [1.165, 1.54) is 31.2 Å². The van der Waals surface area contributed by atoms with Crippen molar-refractivity contribution >= 4 is 27.3 Å². The fraction of sp³-hybridized carbons (Fsp3) is 0.235. The minimum atomic E-state index is -4.98. The number of hydrogen-bond donors (Lipinski definition) is 2. The molecule has 0 spiro atoms. The number of phenols is 1. The molecule has 146 valence electrons. The van der Waals surface area contributed by atoms with Crippen LogP contribution in [-0.2, 0) is 14.8 Å². The van der Waals surface area contributed by atoms with Crippen molar-refractivity contribution in [3.8, 4) is 5.75 Å². The summed E-state index contributed by atoms with van der Waals surface area (Å²) in [6, 6.07) is 6.92. The number of amides is 1. The van der Waals surface area contributed by atoms with Gasteiger partial charge in [-0.15, -0.1) is 0 Å². The standard InChI is InChI=1S/C17H17F3N2O4S/c1-3-12(23)21-15-10(2)16(24)17(14(20)13(15)19)27(25,26)22(9-18)11-7-5-4-6-8-11/h4-8,24H,3,9H2,1-2H3,(H,21,23). The summed E-state index contributed by atoms with van der Waals surface area (Å²) < 4.78 is 68.1. The zero-order valence-electron chi connectivity index (χ0n) is 14.5. The lowest BCUT2D eigenvalue weighted by Gasteiger charge is -2.23. The SMILES string of the molecule is CCC(=O)Nc1c(C)c(O)c(S(=O)(=O)N(CF)c2ccccc2)c(F)c1F. The Labute approximate surface area is 154 Å². The average molecular weight is 402 g/mol. The number of anilines is 2. The number of halogens is 3. The zero-order valence-corrected chi connectivity index (χ0v) is 15.3. The second-order valence-electron chi connectivity index (χ2n) is 5.52. The molecule has 1 amide bonds. The lowest BCUT2D eigenvalue weighted by molar-refractivity contribution is -0.115. The molecule has 2 aromatic carbocycles. The molecule has 0 bridgehead atoms. The van der Waals surface area contributed by atoms with Gasteiger partial charge in [-0.3, -0.25) is 4.79 Å². The van der Waals surface area contributed by atoms with Gasteiger partial charge in [0.25, 0.3) is 10.0 Å². The molecule has 0 aliphatic heterocycles. The molecule has 0 unspecified atom stereocenters. The zero-order chi connectivity index (χ0) is 20.4. The van der Waals surface area contributed by atoms with Crippen molar-refractivity contribution in [2.45, 2.75) is 25.2 Å². The number of nitrogens with one attached hydrogen (secondary N) is 1. The van der Waals surface area contributed by atoms with Crippen LogP contribution in [0.5, 0.6) is 5.75 Å². The number of nitrogens with zero attached hydrogens (tertiary/aromatic N) is 1. The van der Waals surface area contributed by atoms with Gasteiger partial charge in [0.1, 0.15) is 5.75 Å². The fourth-order valence-electron chi connectivity index (χ4n) is 2.35. The molecule has 0 saturated carbocycles. The van der Waals surface area contributed by atoms with E-state index in [9.17, 15) is 31.5 Å². The van der Waals surface area contributed by atoms with Crippen molar-refractivity contribution in [3.05, 3.63) is 47.5 Å². The molecule has 0 saturated heterocycles. The Morgan fingerprint density at radius 2 is 1.78 bits per heavy atom. The van der Waals surface area contributed by atoms with Crippen LogP contribution in [0.4, 0.5) is 24.5 Å². The summed E-state index contributed by atoms with van der Waals surface area (Å²) in [5, 5.41) is 12.3. The van der Waals surface area contributed by atoms with Gasteiger partial charge in [-0.05, 0) is 19.1 Å². The number of sulfonamides is 1. The number of aromatic hydroxyl groups is 1. The Kier molecular flexibility index (Phi) is 5.99. The van der Waals surface area contributed by atoms with E-state index in [1.54, 1.807) is 6.07 Å². The maximum Gasteiger partial charge on any atom is 0.273 e. The van der Waals surface area contributed by atoms with Gasteiger partial charge >= 0.3 is 0 Å². The largest absolute Gasteiger partial charge is 0.506 e. The highest BCUT2D eigenvalue weighted by Gasteiger charge is 2.36. The van der Waals surface area contributed by atoms with Gasteiger partial charge in [0.15, 0.2) is 23.3 Å². The summed E-state index contributed by atoms with van der Waals surface area (Å²) >= 11 is 0. The summed E-state index contributed by atoms with van der Waals surface area (Å²) in [4.78, 5) is 10.1. The molecule has 27 heavy (non-hydrogen) atoms. The molecule has 2 aromatic rings. The van der Waals surface area contributed by atoms with Gasteiger partial charge in [0.2, 0.25) is 5.91 Å². The number of para-hydroxylation sites is 1. The van der Waals surface area contributed by atoms with Crippen molar-refractivity contribution in [1.82, 2.24) is 0 Å². The van der Waals surface area contributed by atoms with E-state index < -0.39 is 56.3 Å². The van der Waals surface area contributed by atoms with Crippen LogP contribution < -0.4 is 9.62 Å². The topological polar surface area (TPSA) is 86.7 Å². The molecule has 0 aliphatic rings. The monoisotopic (exact) mass is 402 g/mol. The molecular weight excluding hydrogens is 385 g/mol. The highest BCUT2D eigenvalue weighted by molar-refractivity contribution is 7.93. The Morgan fingerprint density at radius 1 is 1.19 bits per heavy atom. The van der Waals surface area contributed by atoms with Gasteiger partial charge in [0.05, 0.1) is 11.4 Å². The third-order valence-corrected chi connectivity index (χ3v) is 5.62. The highest BCUT2D eigenvalue weighted by atomic mass is 32.2. The minimum absolute atomic E-state index is 0.0506. The van der Waals surface area contributed by atoms with E-state index >= 15 is 0 Å². The van der Waals surface area contributed by atoms with Crippen LogP contribution in [0, 0.1) is 18.6 Å². The lowest BCUT2D eigenvalue weighted by atomic mass is 10.1. The lowest BCUT2D eigenvalue weighted by Crippen LogP contribution is -2.31. The second-order valence-corrected chi connectivity index (χ2v) is 7.32. The van der Waals surface area contributed by atoms with Crippen LogP contribution in [-0.4, -0.2) is 26.2 Å². The molecule has 0 fully saturated rings. The summed E-state index contributed by atoms with van der Waals surface area (Å²) in [7, 11) is -4.98. The van der Waals surface area contributed by atoms with E-state index in [0.29, 0.717) is 0 Å². The summed E-state index contributed by atoms with van der Waals surface area (Å²) in [6.45, 7) is 1.00. The van der Waals surface area contributed by atoms with E-state index in [1.807, 2.05) is 0 Å². The molecule has 0 aromatic heterocycles. The number of alkyl halides is 1. The molecule has 0 atom stereocenters. The van der Waals surface area contributed by atoms with Gasteiger partial charge in [-0.2, -0.15) is 0 Å². The van der Waals surface area contributed by atoms with Crippen molar-refractivity contribution < 1.29 is 31.5 Å². The molecule has 0 heterocycles. The van der Waals surface area contributed by atoms with Crippen molar-refractivity contribution in [2.75, 3.05) is 16.4 Å². The Morgan fingerprint density at radius 3 is 2.30 bits per heavy atom. The van der Waals surface area contributed by atoms with E-state index in [-0.39, 0.29) is 16.4 Å². The first-order chi connectivity index (χ1) is 12.7. The maximum atomic E-state index is 14.6. The maximum absolute atomic E-state index is 14.6. The summed E-state index contributed by atoms with van der Waals surface area (Å²) in [5.41, 5.74) is -1.22. The predicted octanol–water partition coefficient (Wildman–Crippen LogP) is 3.45. The number of hydrogen-bond acceptors (Lipinski definition) is 4. The Balaban J connectivity index is 2.69. The van der Waals surface area contributed by atoms with Gasteiger partial charge < -0.3 is 10.4 Å². The molecule has 2 N–H and O–H groups in total. The average Bonchev–Trinajstić information content (AvgIpc) is 2.64. The molecular formula is C17H17F3N2O4S. The van der Waals surface area contributed by atoms with E-state index in [4.69, 9.17) is 0 Å². The predicted molar refractivity (Wildman–Crippen MR) is 93.8 cm³/mol. The summed E-state index contributed by atoms with van der Waals surface area (Å²) in [6.07, 6.45) is -0.0506. The highest BCUT2D eigenvalue weighted by Crippen LogP contribution is 2.39. The van der Waals surface area contributed by atoms with Crippen LogP contribution in [0.15, 0.2) is 35.2 Å². The van der Waals surface area contributed by atoms with Crippen LogP contribution >= 0.6 is 0 Å². The van der Waals surface area contributed by atoms with E-state index in [2.05, 4.69) is 5.32 Å². The Hall–Kier alpha value is -2.75. The number of carbonyl (C=O) groups excluding carboxylic acids is 1. The third-order valence-electron chi connectivity index (χ3n) is 3.84. The van der Waals surface area contributed by atoms with Crippen molar-refractivity contribution in [2.24, 2.45) is 0 Å². The first-order valence-electron chi connectivity index (χ1n) is 7.80. The van der Waals surface area contributed by atoms with Gasteiger partial charge in [-0.1, -0.05) is 25.1 Å². The minimum Gasteiger partial charge on any atom is -0.506 e. The van der Waals surface area contributed by atoms with Crippen molar-refractivity contribution in [1.29, 1.82) is 0 Å². The van der Waals surface area contributed by atoms with Crippen molar-refractivity contribution in [3.63, 3.8) is 0 Å². The number of benzene rings is 2. The smallest absolute Gasteiger partial charge is 0.273 e. The number of phenolic OH excluding ortho intramolecular Hbond substituents is 1. The second kappa shape index (κ2) is 7.87.